The zero-order valence-electron chi connectivity index (χ0n) is 16.1. The molecule has 3 heterocycles. The number of piperidine rings is 1. The molecule has 1 amide bonds. The Morgan fingerprint density at radius 2 is 1.96 bits per heavy atom. The third-order valence-corrected chi connectivity index (χ3v) is 6.06. The summed E-state index contributed by atoms with van der Waals surface area (Å²) in [4.78, 5) is 21.3. The highest BCUT2D eigenvalue weighted by molar-refractivity contribution is 5.79. The van der Waals surface area contributed by atoms with Crippen LogP contribution in [-0.4, -0.2) is 51.4 Å². The number of aryl methyl sites for hydroxylation is 1. The number of nitrogens with zero attached hydrogens (tertiary/aromatic N) is 4. The lowest BCUT2D eigenvalue weighted by Gasteiger charge is -2.38. The maximum Gasteiger partial charge on any atom is 0.223 e. The van der Waals surface area contributed by atoms with E-state index in [-0.39, 0.29) is 5.41 Å². The number of benzene rings is 1. The molecule has 1 aromatic heterocycles. The van der Waals surface area contributed by atoms with Crippen LogP contribution in [0.5, 0.6) is 0 Å². The van der Waals surface area contributed by atoms with Crippen molar-refractivity contribution in [1.82, 2.24) is 19.4 Å². The summed E-state index contributed by atoms with van der Waals surface area (Å²) in [5, 5.41) is 0. The van der Waals surface area contributed by atoms with Gasteiger partial charge in [0.15, 0.2) is 0 Å². The Labute approximate surface area is 161 Å². The predicted octanol–water partition coefficient (Wildman–Crippen LogP) is 2.95. The van der Waals surface area contributed by atoms with Crippen molar-refractivity contribution in [3.63, 3.8) is 0 Å². The van der Waals surface area contributed by atoms with Gasteiger partial charge in [-0.25, -0.2) is 4.98 Å². The normalized spacial score (nSPS) is 20.2. The molecule has 142 valence electrons. The summed E-state index contributed by atoms with van der Waals surface area (Å²) < 4.78 is 2.09. The molecule has 5 heteroatoms. The van der Waals surface area contributed by atoms with Crippen LogP contribution in [0.3, 0.4) is 0 Å². The average Bonchev–Trinajstić information content (AvgIpc) is 3.21. The van der Waals surface area contributed by atoms with Gasteiger partial charge in [0.05, 0.1) is 12.0 Å². The van der Waals surface area contributed by atoms with Crippen LogP contribution in [0, 0.1) is 5.41 Å². The van der Waals surface area contributed by atoms with Crippen molar-refractivity contribution in [3.05, 3.63) is 60.2 Å². The number of imidazole rings is 1. The molecule has 0 bridgehead atoms. The van der Waals surface area contributed by atoms with E-state index in [2.05, 4.69) is 38.7 Å². The van der Waals surface area contributed by atoms with Crippen LogP contribution in [0.25, 0.3) is 6.08 Å². The highest BCUT2D eigenvalue weighted by Crippen LogP contribution is 2.41. The molecular formula is C22H28N4O. The summed E-state index contributed by atoms with van der Waals surface area (Å²) in [6.07, 6.45) is 11.0. The van der Waals surface area contributed by atoms with Gasteiger partial charge in [-0.1, -0.05) is 42.5 Å². The van der Waals surface area contributed by atoms with Crippen molar-refractivity contribution in [2.45, 2.75) is 25.8 Å². The Morgan fingerprint density at radius 3 is 2.67 bits per heavy atom. The third-order valence-electron chi connectivity index (χ3n) is 6.06. The molecule has 0 aliphatic carbocycles. The van der Waals surface area contributed by atoms with E-state index in [1.165, 1.54) is 11.3 Å². The quantitative estimate of drug-likeness (QED) is 0.819. The highest BCUT2D eigenvalue weighted by Gasteiger charge is 2.44. The van der Waals surface area contributed by atoms with Crippen LogP contribution in [0.15, 0.2) is 48.9 Å². The lowest BCUT2D eigenvalue weighted by Crippen LogP contribution is -2.41. The van der Waals surface area contributed by atoms with Gasteiger partial charge in [-0.05, 0) is 36.9 Å². The molecule has 0 N–H and O–H groups in total. The SMILES string of the molecule is Cn1cncc1CN1CCC2(CC1)CC(=O)N(C/C=C/c1ccccc1)C2. The Bertz CT molecular complexity index is 803. The van der Waals surface area contributed by atoms with E-state index in [9.17, 15) is 4.79 Å². The van der Waals surface area contributed by atoms with E-state index in [0.717, 1.165) is 39.0 Å². The minimum absolute atomic E-state index is 0.181. The van der Waals surface area contributed by atoms with Crippen molar-refractivity contribution in [2.24, 2.45) is 12.5 Å². The average molecular weight is 364 g/mol. The molecule has 1 aromatic carbocycles. The molecule has 2 saturated heterocycles. The smallest absolute Gasteiger partial charge is 0.223 e. The Morgan fingerprint density at radius 1 is 1.19 bits per heavy atom. The van der Waals surface area contributed by atoms with Gasteiger partial charge < -0.3 is 9.47 Å². The number of hydrogen-bond donors (Lipinski definition) is 0. The fourth-order valence-corrected chi connectivity index (χ4v) is 4.31. The van der Waals surface area contributed by atoms with Crippen LogP contribution in [-0.2, 0) is 18.4 Å². The molecule has 0 saturated carbocycles. The van der Waals surface area contributed by atoms with Gasteiger partial charge in [-0.3, -0.25) is 9.69 Å². The summed E-state index contributed by atoms with van der Waals surface area (Å²) in [6, 6.07) is 10.3. The highest BCUT2D eigenvalue weighted by atomic mass is 16.2. The Kier molecular flexibility index (Phi) is 5.12. The Balaban J connectivity index is 1.30. The van der Waals surface area contributed by atoms with Gasteiger partial charge in [-0.2, -0.15) is 0 Å². The van der Waals surface area contributed by atoms with Gasteiger partial charge in [0, 0.05) is 39.3 Å². The molecule has 2 aromatic rings. The van der Waals surface area contributed by atoms with Crippen LogP contribution in [0.2, 0.25) is 0 Å². The van der Waals surface area contributed by atoms with Crippen molar-refractivity contribution in [2.75, 3.05) is 26.2 Å². The van der Waals surface area contributed by atoms with E-state index in [4.69, 9.17) is 0 Å². The first kappa shape index (κ1) is 18.0. The van der Waals surface area contributed by atoms with Gasteiger partial charge in [-0.15, -0.1) is 0 Å². The summed E-state index contributed by atoms with van der Waals surface area (Å²) in [7, 11) is 2.05. The fourth-order valence-electron chi connectivity index (χ4n) is 4.31. The van der Waals surface area contributed by atoms with E-state index in [1.807, 2.05) is 42.7 Å². The molecule has 2 aliphatic rings. The summed E-state index contributed by atoms with van der Waals surface area (Å²) in [6.45, 7) is 4.70. The molecule has 5 nitrogen and oxygen atoms in total. The summed E-state index contributed by atoms with van der Waals surface area (Å²) >= 11 is 0. The van der Waals surface area contributed by atoms with Crippen LogP contribution >= 0.6 is 0 Å². The second-order valence-corrected chi connectivity index (χ2v) is 8.04. The maximum atomic E-state index is 12.5. The van der Waals surface area contributed by atoms with Crippen molar-refractivity contribution >= 4 is 12.0 Å². The number of rotatable bonds is 5. The first-order valence-electron chi connectivity index (χ1n) is 9.81. The zero-order valence-corrected chi connectivity index (χ0v) is 16.1. The number of likely N-dealkylation sites (tertiary alicyclic amines) is 2. The first-order valence-corrected chi connectivity index (χ1v) is 9.81. The number of carbonyl (C=O) groups excluding carboxylic acids is 1. The number of hydrogen-bond acceptors (Lipinski definition) is 3. The van der Waals surface area contributed by atoms with E-state index < -0.39 is 0 Å². The molecule has 2 fully saturated rings. The van der Waals surface area contributed by atoms with Crippen molar-refractivity contribution < 1.29 is 4.79 Å². The third kappa shape index (κ3) is 4.14. The lowest BCUT2D eigenvalue weighted by molar-refractivity contribution is -0.127. The van der Waals surface area contributed by atoms with Crippen molar-refractivity contribution in [3.8, 4) is 0 Å². The molecule has 4 rings (SSSR count). The van der Waals surface area contributed by atoms with Gasteiger partial charge in [0.2, 0.25) is 5.91 Å². The molecular weight excluding hydrogens is 336 g/mol. The second-order valence-electron chi connectivity index (χ2n) is 8.04. The predicted molar refractivity (Wildman–Crippen MR) is 107 cm³/mol. The zero-order chi connectivity index (χ0) is 18.7. The molecule has 0 unspecified atom stereocenters. The van der Waals surface area contributed by atoms with Crippen LogP contribution in [0.1, 0.15) is 30.5 Å². The van der Waals surface area contributed by atoms with Crippen LogP contribution in [0.4, 0.5) is 0 Å². The van der Waals surface area contributed by atoms with Gasteiger partial charge >= 0.3 is 0 Å². The van der Waals surface area contributed by atoms with Gasteiger partial charge in [0.1, 0.15) is 0 Å². The minimum atomic E-state index is 0.181. The monoisotopic (exact) mass is 364 g/mol. The van der Waals surface area contributed by atoms with Gasteiger partial charge in [0.25, 0.3) is 0 Å². The summed E-state index contributed by atoms with van der Waals surface area (Å²) in [5.41, 5.74) is 2.61. The number of amides is 1. The summed E-state index contributed by atoms with van der Waals surface area (Å²) in [5.74, 6) is 0.313. The second kappa shape index (κ2) is 7.69. The first-order chi connectivity index (χ1) is 13.1. The minimum Gasteiger partial charge on any atom is -0.338 e. The van der Waals surface area contributed by atoms with E-state index >= 15 is 0 Å². The molecule has 2 aliphatic heterocycles. The maximum absolute atomic E-state index is 12.5. The fraction of sp³-hybridized carbons (Fsp3) is 0.455. The lowest BCUT2D eigenvalue weighted by atomic mass is 9.77. The van der Waals surface area contributed by atoms with E-state index in [0.29, 0.717) is 18.9 Å². The number of aromatic nitrogens is 2. The topological polar surface area (TPSA) is 41.4 Å². The standard InChI is InChI=1S/C22H28N4O/c1-24-18-23-15-20(24)16-25-12-9-22(10-13-25)14-21(27)26(17-22)11-5-8-19-6-3-2-4-7-19/h2-8,15,18H,9-14,16-17H2,1H3/b8-5+. The Hall–Kier alpha value is -2.40. The van der Waals surface area contributed by atoms with Crippen LogP contribution < -0.4 is 0 Å². The molecule has 0 radical (unpaired) electrons. The molecule has 27 heavy (non-hydrogen) atoms. The molecule has 0 atom stereocenters. The largest absolute Gasteiger partial charge is 0.338 e. The number of carbonyl (C=O) groups is 1. The van der Waals surface area contributed by atoms with E-state index in [1.54, 1.807) is 0 Å². The molecule has 1 spiro atoms. The van der Waals surface area contributed by atoms with Crippen molar-refractivity contribution in [1.29, 1.82) is 0 Å².